The Labute approximate surface area is 141 Å². The summed E-state index contributed by atoms with van der Waals surface area (Å²) in [6.45, 7) is 1.58. The highest BCUT2D eigenvalue weighted by atomic mass is 16.2. The van der Waals surface area contributed by atoms with Crippen molar-refractivity contribution in [3.63, 3.8) is 0 Å². The van der Waals surface area contributed by atoms with Crippen molar-refractivity contribution < 1.29 is 4.79 Å². The second kappa shape index (κ2) is 7.55. The predicted octanol–water partition coefficient (Wildman–Crippen LogP) is 3.11. The molecule has 0 radical (unpaired) electrons. The summed E-state index contributed by atoms with van der Waals surface area (Å²) in [6, 6.07) is 9.30. The number of carbonyl (C=O) groups excluding carboxylic acids is 1. The highest BCUT2D eigenvalue weighted by Gasteiger charge is 2.18. The molecule has 24 heavy (non-hydrogen) atoms. The van der Waals surface area contributed by atoms with E-state index in [-0.39, 0.29) is 5.91 Å². The molecule has 0 aliphatic carbocycles. The van der Waals surface area contributed by atoms with Gasteiger partial charge in [-0.05, 0) is 25.0 Å². The minimum atomic E-state index is -0.0617. The topological polar surface area (TPSA) is 81.9 Å². The van der Waals surface area contributed by atoms with Crippen molar-refractivity contribution in [2.45, 2.75) is 25.7 Å². The first kappa shape index (κ1) is 15.9. The van der Waals surface area contributed by atoms with Crippen LogP contribution in [0.1, 0.15) is 41.7 Å². The van der Waals surface area contributed by atoms with Crippen LogP contribution in [0, 0.1) is 11.3 Å². The molecule has 0 atom stereocenters. The van der Waals surface area contributed by atoms with E-state index in [4.69, 9.17) is 5.26 Å². The van der Waals surface area contributed by atoms with E-state index >= 15 is 0 Å². The average Bonchev–Trinajstić information content (AvgIpc) is 2.92. The number of anilines is 2. The zero-order chi connectivity index (χ0) is 16.8. The van der Waals surface area contributed by atoms with Gasteiger partial charge in [-0.3, -0.25) is 4.79 Å². The monoisotopic (exact) mass is 321 g/mol. The van der Waals surface area contributed by atoms with Gasteiger partial charge in [-0.1, -0.05) is 25.0 Å². The molecule has 1 aliphatic heterocycles. The van der Waals surface area contributed by atoms with Crippen molar-refractivity contribution in [1.29, 1.82) is 5.26 Å². The third-order valence-electron chi connectivity index (χ3n) is 4.07. The van der Waals surface area contributed by atoms with Gasteiger partial charge < -0.3 is 10.2 Å². The first-order valence-corrected chi connectivity index (χ1v) is 8.15. The van der Waals surface area contributed by atoms with Gasteiger partial charge in [0.1, 0.15) is 17.6 Å². The van der Waals surface area contributed by atoms with E-state index in [1.54, 1.807) is 18.2 Å². The molecule has 6 nitrogen and oxygen atoms in total. The average molecular weight is 321 g/mol. The van der Waals surface area contributed by atoms with Crippen LogP contribution in [0.4, 0.5) is 11.5 Å². The molecule has 122 valence electrons. The molecule has 6 heteroatoms. The van der Waals surface area contributed by atoms with E-state index in [1.165, 1.54) is 25.2 Å². The summed E-state index contributed by atoms with van der Waals surface area (Å²) in [5.41, 5.74) is 1.56. The van der Waals surface area contributed by atoms with Crippen LogP contribution in [0.25, 0.3) is 0 Å². The third kappa shape index (κ3) is 3.69. The quantitative estimate of drug-likeness (QED) is 0.939. The molecule has 3 rings (SSSR count). The number of para-hydroxylation sites is 1. The molecule has 0 unspecified atom stereocenters. The van der Waals surface area contributed by atoms with E-state index in [0.29, 0.717) is 22.8 Å². The predicted molar refractivity (Wildman–Crippen MR) is 90.8 cm³/mol. The van der Waals surface area contributed by atoms with Crippen LogP contribution in [0.5, 0.6) is 0 Å². The van der Waals surface area contributed by atoms with Gasteiger partial charge in [-0.15, -0.1) is 0 Å². The summed E-state index contributed by atoms with van der Waals surface area (Å²) in [5, 5.41) is 12.2. The standard InChI is InChI=1S/C18H19N5O/c19-11-14-7-3-4-8-15(14)22-17-13-20-16(12-21-17)18(24)23-9-5-1-2-6-10-23/h3-4,7-8,12-13H,1-2,5-6,9-10H2,(H,21,22). The van der Waals surface area contributed by atoms with Gasteiger partial charge in [0, 0.05) is 13.1 Å². The molecule has 0 saturated carbocycles. The Kier molecular flexibility index (Phi) is 5.02. The Morgan fingerprint density at radius 2 is 1.83 bits per heavy atom. The summed E-state index contributed by atoms with van der Waals surface area (Å²) in [4.78, 5) is 22.8. The van der Waals surface area contributed by atoms with E-state index < -0.39 is 0 Å². The van der Waals surface area contributed by atoms with E-state index in [1.807, 2.05) is 11.0 Å². The number of nitrogens with zero attached hydrogens (tertiary/aromatic N) is 4. The van der Waals surface area contributed by atoms with Gasteiger partial charge in [-0.2, -0.15) is 5.26 Å². The molecule has 2 heterocycles. The van der Waals surface area contributed by atoms with Crippen LogP contribution in [0.15, 0.2) is 36.7 Å². The summed E-state index contributed by atoms with van der Waals surface area (Å²) in [7, 11) is 0. The number of rotatable bonds is 3. The summed E-state index contributed by atoms with van der Waals surface area (Å²) >= 11 is 0. The summed E-state index contributed by atoms with van der Waals surface area (Å²) in [5.74, 6) is 0.443. The lowest BCUT2D eigenvalue weighted by molar-refractivity contribution is 0.0755. The molecular formula is C18H19N5O. The second-order valence-corrected chi connectivity index (χ2v) is 5.78. The Hall–Kier alpha value is -2.94. The van der Waals surface area contributed by atoms with Gasteiger partial charge in [0.25, 0.3) is 5.91 Å². The molecule has 1 saturated heterocycles. The lowest BCUT2D eigenvalue weighted by Gasteiger charge is -2.19. The summed E-state index contributed by atoms with van der Waals surface area (Å²) < 4.78 is 0. The number of amides is 1. The number of carbonyl (C=O) groups is 1. The van der Waals surface area contributed by atoms with Crippen LogP contribution in [0.2, 0.25) is 0 Å². The van der Waals surface area contributed by atoms with Crippen molar-refractivity contribution in [2.24, 2.45) is 0 Å². The molecule has 0 bridgehead atoms. The number of nitriles is 1. The maximum Gasteiger partial charge on any atom is 0.274 e. The van der Waals surface area contributed by atoms with Crippen molar-refractivity contribution in [2.75, 3.05) is 18.4 Å². The van der Waals surface area contributed by atoms with Crippen molar-refractivity contribution >= 4 is 17.4 Å². The lowest BCUT2D eigenvalue weighted by atomic mass is 10.2. The Balaban J connectivity index is 1.71. The van der Waals surface area contributed by atoms with Crippen molar-refractivity contribution in [1.82, 2.24) is 14.9 Å². The zero-order valence-electron chi connectivity index (χ0n) is 13.4. The van der Waals surface area contributed by atoms with E-state index in [2.05, 4.69) is 21.4 Å². The van der Waals surface area contributed by atoms with Crippen molar-refractivity contribution in [3.8, 4) is 6.07 Å². The van der Waals surface area contributed by atoms with Gasteiger partial charge in [-0.25, -0.2) is 9.97 Å². The second-order valence-electron chi connectivity index (χ2n) is 5.78. The number of hydrogen-bond donors (Lipinski definition) is 1. The largest absolute Gasteiger partial charge is 0.338 e. The van der Waals surface area contributed by atoms with Crippen molar-refractivity contribution in [3.05, 3.63) is 47.9 Å². The fraction of sp³-hybridized carbons (Fsp3) is 0.333. The van der Waals surface area contributed by atoms with Crippen LogP contribution < -0.4 is 5.32 Å². The SMILES string of the molecule is N#Cc1ccccc1Nc1cnc(C(=O)N2CCCCCC2)cn1. The molecular weight excluding hydrogens is 302 g/mol. The van der Waals surface area contributed by atoms with Gasteiger partial charge in [0.15, 0.2) is 0 Å². The fourth-order valence-electron chi connectivity index (χ4n) is 2.77. The van der Waals surface area contributed by atoms with Crippen LogP contribution in [-0.4, -0.2) is 33.9 Å². The molecule has 1 aromatic carbocycles. The Bertz CT molecular complexity index is 743. The molecule has 0 spiro atoms. The van der Waals surface area contributed by atoms with Gasteiger partial charge >= 0.3 is 0 Å². The van der Waals surface area contributed by atoms with E-state index in [9.17, 15) is 4.79 Å². The molecule has 1 amide bonds. The Morgan fingerprint density at radius 3 is 2.50 bits per heavy atom. The smallest absolute Gasteiger partial charge is 0.274 e. The normalized spacial score (nSPS) is 14.5. The fourth-order valence-corrected chi connectivity index (χ4v) is 2.77. The van der Waals surface area contributed by atoms with E-state index in [0.717, 1.165) is 25.9 Å². The van der Waals surface area contributed by atoms with Crippen LogP contribution >= 0.6 is 0 Å². The molecule has 1 aromatic heterocycles. The zero-order valence-corrected chi connectivity index (χ0v) is 13.4. The maximum atomic E-state index is 12.5. The molecule has 1 N–H and O–H groups in total. The number of hydrogen-bond acceptors (Lipinski definition) is 5. The minimum absolute atomic E-state index is 0.0617. The number of likely N-dealkylation sites (tertiary alicyclic amines) is 1. The Morgan fingerprint density at radius 1 is 1.08 bits per heavy atom. The molecule has 1 fully saturated rings. The molecule has 2 aromatic rings. The van der Waals surface area contributed by atoms with Gasteiger partial charge in [0.2, 0.25) is 0 Å². The lowest BCUT2D eigenvalue weighted by Crippen LogP contribution is -2.32. The van der Waals surface area contributed by atoms with Gasteiger partial charge in [0.05, 0.1) is 23.6 Å². The first-order valence-electron chi connectivity index (χ1n) is 8.15. The number of benzene rings is 1. The number of nitrogens with one attached hydrogen (secondary N) is 1. The molecule has 1 aliphatic rings. The highest BCUT2D eigenvalue weighted by molar-refractivity contribution is 5.92. The highest BCUT2D eigenvalue weighted by Crippen LogP contribution is 2.18. The van der Waals surface area contributed by atoms with Crippen LogP contribution in [-0.2, 0) is 0 Å². The summed E-state index contributed by atoms with van der Waals surface area (Å²) in [6.07, 6.45) is 7.46. The first-order chi connectivity index (χ1) is 11.8. The maximum absolute atomic E-state index is 12.5. The number of aromatic nitrogens is 2. The van der Waals surface area contributed by atoms with Crippen LogP contribution in [0.3, 0.4) is 0 Å². The third-order valence-corrected chi connectivity index (χ3v) is 4.07. The minimum Gasteiger partial charge on any atom is -0.338 e.